The van der Waals surface area contributed by atoms with E-state index in [4.69, 9.17) is 17.3 Å². The number of halogens is 1. The lowest BCUT2D eigenvalue weighted by atomic mass is 10.3. The molecule has 114 valence electrons. The minimum Gasteiger partial charge on any atom is -0.398 e. The van der Waals surface area contributed by atoms with E-state index in [0.717, 1.165) is 19.4 Å². The largest absolute Gasteiger partial charge is 0.398 e. The van der Waals surface area contributed by atoms with Gasteiger partial charge >= 0.3 is 0 Å². The van der Waals surface area contributed by atoms with Gasteiger partial charge in [0.2, 0.25) is 10.0 Å². The van der Waals surface area contributed by atoms with Crippen LogP contribution in [0.4, 0.5) is 5.69 Å². The van der Waals surface area contributed by atoms with Gasteiger partial charge in [0.25, 0.3) is 0 Å². The molecular weight excluding hydrogens is 312 g/mol. The lowest BCUT2D eigenvalue weighted by Gasteiger charge is -2.09. The average Bonchev–Trinajstić information content (AvgIpc) is 2.91. The number of nitrogens with one attached hydrogen (secondary N) is 1. The summed E-state index contributed by atoms with van der Waals surface area (Å²) in [5.74, 6) is 0. The second-order valence-corrected chi connectivity index (χ2v) is 6.76. The van der Waals surface area contributed by atoms with Gasteiger partial charge in [0.05, 0.1) is 12.0 Å². The summed E-state index contributed by atoms with van der Waals surface area (Å²) in [4.78, 5) is 4.00. The van der Waals surface area contributed by atoms with Crippen LogP contribution in [0.1, 0.15) is 12.8 Å². The van der Waals surface area contributed by atoms with Crippen LogP contribution >= 0.6 is 11.6 Å². The molecule has 21 heavy (non-hydrogen) atoms. The first-order chi connectivity index (χ1) is 9.99. The molecule has 0 saturated heterocycles. The number of hydrogen-bond acceptors (Lipinski definition) is 4. The zero-order chi connectivity index (χ0) is 15.3. The fraction of sp³-hybridized carbons (Fsp3) is 0.308. The van der Waals surface area contributed by atoms with Gasteiger partial charge in [-0.25, -0.2) is 18.1 Å². The third-order valence-corrected chi connectivity index (χ3v) is 4.73. The molecule has 1 heterocycles. The zero-order valence-electron chi connectivity index (χ0n) is 11.4. The Morgan fingerprint density at radius 3 is 2.81 bits per heavy atom. The van der Waals surface area contributed by atoms with E-state index in [9.17, 15) is 8.42 Å². The van der Waals surface area contributed by atoms with Crippen LogP contribution in [-0.2, 0) is 16.6 Å². The van der Waals surface area contributed by atoms with E-state index in [1.165, 1.54) is 18.2 Å². The Morgan fingerprint density at radius 1 is 1.33 bits per heavy atom. The Labute approximate surface area is 129 Å². The first-order valence-electron chi connectivity index (χ1n) is 6.49. The molecule has 0 saturated carbocycles. The van der Waals surface area contributed by atoms with E-state index < -0.39 is 10.0 Å². The summed E-state index contributed by atoms with van der Waals surface area (Å²) in [5.41, 5.74) is 5.83. The van der Waals surface area contributed by atoms with Crippen LogP contribution in [0.5, 0.6) is 0 Å². The molecule has 0 spiro atoms. The van der Waals surface area contributed by atoms with Gasteiger partial charge in [0, 0.05) is 30.5 Å². The SMILES string of the molecule is Nc1cc(Cl)ccc1S(=O)(=O)NCCCCn1ccnc1. The highest BCUT2D eigenvalue weighted by Gasteiger charge is 2.16. The van der Waals surface area contributed by atoms with Crippen LogP contribution in [0.2, 0.25) is 5.02 Å². The highest BCUT2D eigenvalue weighted by atomic mass is 35.5. The summed E-state index contributed by atoms with van der Waals surface area (Å²) >= 11 is 5.76. The van der Waals surface area contributed by atoms with Gasteiger partial charge in [-0.05, 0) is 31.0 Å². The van der Waals surface area contributed by atoms with E-state index in [1.54, 1.807) is 12.5 Å². The molecule has 0 aliphatic heterocycles. The molecule has 2 rings (SSSR count). The lowest BCUT2D eigenvalue weighted by Crippen LogP contribution is -2.25. The number of unbranched alkanes of at least 4 members (excludes halogenated alkanes) is 1. The van der Waals surface area contributed by atoms with E-state index in [0.29, 0.717) is 11.6 Å². The molecule has 0 atom stereocenters. The van der Waals surface area contributed by atoms with Gasteiger partial charge in [-0.2, -0.15) is 0 Å². The minimum atomic E-state index is -3.59. The van der Waals surface area contributed by atoms with Gasteiger partial charge in [0.1, 0.15) is 4.90 Å². The van der Waals surface area contributed by atoms with Crippen molar-refractivity contribution in [3.05, 3.63) is 41.9 Å². The molecule has 2 aromatic rings. The van der Waals surface area contributed by atoms with Crippen molar-refractivity contribution in [2.45, 2.75) is 24.3 Å². The molecule has 3 N–H and O–H groups in total. The maximum absolute atomic E-state index is 12.1. The molecule has 8 heteroatoms. The summed E-state index contributed by atoms with van der Waals surface area (Å²) in [6.45, 7) is 1.17. The summed E-state index contributed by atoms with van der Waals surface area (Å²) in [7, 11) is -3.59. The van der Waals surface area contributed by atoms with Crippen molar-refractivity contribution in [3.8, 4) is 0 Å². The first kappa shape index (κ1) is 15.8. The Morgan fingerprint density at radius 2 is 2.14 bits per heavy atom. The Bertz CT molecular complexity index is 686. The molecule has 6 nitrogen and oxygen atoms in total. The lowest BCUT2D eigenvalue weighted by molar-refractivity contribution is 0.566. The van der Waals surface area contributed by atoms with Crippen molar-refractivity contribution in [2.75, 3.05) is 12.3 Å². The standard InChI is InChI=1S/C13H17ClN4O2S/c14-11-3-4-13(12(15)9-11)21(19,20)17-5-1-2-7-18-8-6-16-10-18/h3-4,6,8-10,17H,1-2,5,7,15H2. The Balaban J connectivity index is 1.84. The Kier molecular flexibility index (Phi) is 5.22. The number of sulfonamides is 1. The van der Waals surface area contributed by atoms with Crippen LogP contribution in [0, 0.1) is 0 Å². The van der Waals surface area contributed by atoms with E-state index in [-0.39, 0.29) is 10.6 Å². The number of aryl methyl sites for hydroxylation is 1. The van der Waals surface area contributed by atoms with Crippen molar-refractivity contribution in [1.82, 2.24) is 14.3 Å². The predicted octanol–water partition coefficient (Wildman–Crippen LogP) is 1.88. The topological polar surface area (TPSA) is 90.0 Å². The fourth-order valence-corrected chi connectivity index (χ4v) is 3.25. The third kappa shape index (κ3) is 4.45. The summed E-state index contributed by atoms with van der Waals surface area (Å²) in [6, 6.07) is 4.34. The summed E-state index contributed by atoms with van der Waals surface area (Å²) < 4.78 is 28.7. The number of benzene rings is 1. The van der Waals surface area contributed by atoms with E-state index >= 15 is 0 Å². The van der Waals surface area contributed by atoms with Gasteiger partial charge < -0.3 is 10.3 Å². The molecule has 1 aromatic heterocycles. The maximum atomic E-state index is 12.1. The van der Waals surface area contributed by atoms with Gasteiger partial charge in [-0.1, -0.05) is 11.6 Å². The number of nitrogens with zero attached hydrogens (tertiary/aromatic N) is 2. The maximum Gasteiger partial charge on any atom is 0.242 e. The average molecular weight is 329 g/mol. The van der Waals surface area contributed by atoms with E-state index in [2.05, 4.69) is 9.71 Å². The zero-order valence-corrected chi connectivity index (χ0v) is 12.9. The number of nitrogen functional groups attached to an aromatic ring is 1. The highest BCUT2D eigenvalue weighted by Crippen LogP contribution is 2.22. The van der Waals surface area contributed by atoms with E-state index in [1.807, 2.05) is 10.8 Å². The number of aromatic nitrogens is 2. The second kappa shape index (κ2) is 6.93. The Hall–Kier alpha value is -1.57. The molecule has 0 amide bonds. The predicted molar refractivity (Wildman–Crippen MR) is 82.5 cm³/mol. The molecule has 0 radical (unpaired) electrons. The van der Waals surface area contributed by atoms with Crippen molar-refractivity contribution >= 4 is 27.3 Å². The highest BCUT2D eigenvalue weighted by molar-refractivity contribution is 7.89. The fourth-order valence-electron chi connectivity index (χ4n) is 1.89. The number of imidazole rings is 1. The normalized spacial score (nSPS) is 11.7. The van der Waals surface area contributed by atoms with Crippen molar-refractivity contribution in [2.24, 2.45) is 0 Å². The summed E-state index contributed by atoms with van der Waals surface area (Å²) in [6.07, 6.45) is 6.91. The molecule has 1 aromatic carbocycles. The number of hydrogen-bond donors (Lipinski definition) is 2. The van der Waals surface area contributed by atoms with Crippen LogP contribution in [-0.4, -0.2) is 24.5 Å². The smallest absolute Gasteiger partial charge is 0.242 e. The van der Waals surface area contributed by atoms with Crippen LogP contribution in [0.3, 0.4) is 0 Å². The monoisotopic (exact) mass is 328 g/mol. The second-order valence-electron chi connectivity index (χ2n) is 4.59. The first-order valence-corrected chi connectivity index (χ1v) is 8.35. The van der Waals surface area contributed by atoms with Crippen molar-refractivity contribution < 1.29 is 8.42 Å². The van der Waals surface area contributed by atoms with Gasteiger partial charge in [-0.3, -0.25) is 0 Å². The number of rotatable bonds is 7. The van der Waals surface area contributed by atoms with Gasteiger partial charge in [-0.15, -0.1) is 0 Å². The third-order valence-electron chi connectivity index (χ3n) is 2.96. The van der Waals surface area contributed by atoms with Gasteiger partial charge in [0.15, 0.2) is 0 Å². The van der Waals surface area contributed by atoms with Crippen LogP contribution in [0.25, 0.3) is 0 Å². The quantitative estimate of drug-likeness (QED) is 0.600. The molecule has 0 bridgehead atoms. The van der Waals surface area contributed by atoms with Crippen LogP contribution < -0.4 is 10.5 Å². The molecule has 0 unspecified atom stereocenters. The number of anilines is 1. The minimum absolute atomic E-state index is 0.0570. The van der Waals surface area contributed by atoms with Crippen molar-refractivity contribution in [1.29, 1.82) is 0 Å². The molecule has 0 aliphatic carbocycles. The molecule has 0 fully saturated rings. The molecule has 0 aliphatic rings. The molecular formula is C13H17ClN4O2S. The van der Waals surface area contributed by atoms with Crippen molar-refractivity contribution in [3.63, 3.8) is 0 Å². The van der Waals surface area contributed by atoms with Crippen LogP contribution in [0.15, 0.2) is 41.8 Å². The summed E-state index contributed by atoms with van der Waals surface area (Å²) in [5, 5.41) is 0.409. The number of nitrogens with two attached hydrogens (primary N) is 1.